The number of esters is 1. The topological polar surface area (TPSA) is 57.7 Å². The molecule has 0 saturated carbocycles. The number of aryl methyl sites for hydroxylation is 1. The fraction of sp³-hybridized carbons (Fsp3) is 0.259. The first kappa shape index (κ1) is 26.9. The van der Waals surface area contributed by atoms with Gasteiger partial charge in [-0.2, -0.15) is 0 Å². The Morgan fingerprint density at radius 1 is 1.00 bits per heavy atom. The molecule has 0 amide bonds. The fourth-order valence-electron chi connectivity index (χ4n) is 3.21. The number of pyridine rings is 1. The normalized spacial score (nSPS) is 11.0. The molecule has 0 N–H and O–H groups in total. The van der Waals surface area contributed by atoms with Crippen LogP contribution in [0.5, 0.6) is 11.5 Å². The molecule has 0 unspecified atom stereocenters. The summed E-state index contributed by atoms with van der Waals surface area (Å²) in [4.78, 5) is 17.1. The van der Waals surface area contributed by atoms with Crippen LogP contribution < -0.4 is 9.47 Å². The van der Waals surface area contributed by atoms with Crippen LogP contribution in [0.15, 0.2) is 65.6 Å². The first-order valence-electron chi connectivity index (χ1n) is 11.1. The van der Waals surface area contributed by atoms with Crippen molar-refractivity contribution in [1.82, 2.24) is 4.98 Å². The van der Waals surface area contributed by atoms with Gasteiger partial charge in [0, 0.05) is 16.7 Å². The summed E-state index contributed by atoms with van der Waals surface area (Å²) in [6.07, 6.45) is 5.77. The molecule has 3 aromatic rings. The van der Waals surface area contributed by atoms with Gasteiger partial charge in [-0.05, 0) is 67.3 Å². The Morgan fingerprint density at radius 2 is 1.74 bits per heavy atom. The minimum absolute atomic E-state index is 0.458. The summed E-state index contributed by atoms with van der Waals surface area (Å²) >= 11 is 14.1. The second-order valence-corrected chi connectivity index (χ2v) is 9.34. The maximum atomic E-state index is 11.6. The molecule has 0 aliphatic rings. The Kier molecular flexibility index (Phi) is 10.8. The summed E-state index contributed by atoms with van der Waals surface area (Å²) in [5.41, 5.74) is 2.63. The fourth-order valence-corrected chi connectivity index (χ4v) is 4.80. The number of carbonyl (C=O) groups is 1. The van der Waals surface area contributed by atoms with Gasteiger partial charge in [-0.25, -0.2) is 9.78 Å². The molecule has 0 fully saturated rings. The monoisotopic (exact) mass is 531 g/mol. The number of hydrogen-bond acceptors (Lipinski definition) is 6. The van der Waals surface area contributed by atoms with Gasteiger partial charge >= 0.3 is 5.97 Å². The van der Waals surface area contributed by atoms with Gasteiger partial charge in [0.1, 0.15) is 17.2 Å². The molecule has 2 aromatic carbocycles. The number of methoxy groups -OCH3 is 2. The minimum Gasteiger partial charge on any atom is -0.497 e. The summed E-state index contributed by atoms with van der Waals surface area (Å²) < 4.78 is 15.9. The first-order valence-corrected chi connectivity index (χ1v) is 12.8. The highest BCUT2D eigenvalue weighted by molar-refractivity contribution is 7.98. The Balaban J connectivity index is 1.60. The van der Waals surface area contributed by atoms with Crippen molar-refractivity contribution < 1.29 is 19.0 Å². The standard InChI is InChI=1S/C27H27Cl2NO4S/c1-32-21-12-9-19(10-13-21)6-3-4-17-34-25-15-11-20(30-24(25)14-16-26(31)33-2)18-35-27-22(28)7-5-8-23(27)29/h5,7-16H,3-4,6,17-18H2,1-2H3. The molecule has 0 radical (unpaired) electrons. The summed E-state index contributed by atoms with van der Waals surface area (Å²) in [7, 11) is 3.00. The van der Waals surface area contributed by atoms with E-state index in [0.717, 1.165) is 35.6 Å². The molecule has 5 nitrogen and oxygen atoms in total. The van der Waals surface area contributed by atoms with Crippen LogP contribution in [0.25, 0.3) is 6.08 Å². The van der Waals surface area contributed by atoms with Gasteiger partial charge in [-0.15, -0.1) is 11.8 Å². The Hall–Kier alpha value is -2.67. The molecule has 0 aliphatic heterocycles. The summed E-state index contributed by atoms with van der Waals surface area (Å²) in [5, 5.41) is 1.20. The van der Waals surface area contributed by atoms with Crippen LogP contribution in [0.4, 0.5) is 0 Å². The van der Waals surface area contributed by atoms with E-state index in [1.54, 1.807) is 25.3 Å². The lowest BCUT2D eigenvalue weighted by Crippen LogP contribution is -2.03. The van der Waals surface area contributed by atoms with Gasteiger partial charge < -0.3 is 14.2 Å². The van der Waals surface area contributed by atoms with E-state index in [9.17, 15) is 4.79 Å². The molecule has 0 saturated heterocycles. The third-order valence-corrected chi connectivity index (χ3v) is 7.10. The van der Waals surface area contributed by atoms with Gasteiger partial charge in [0.25, 0.3) is 0 Å². The Bertz CT molecular complexity index is 1130. The zero-order valence-electron chi connectivity index (χ0n) is 19.6. The largest absolute Gasteiger partial charge is 0.497 e. The molecule has 184 valence electrons. The molecule has 0 bridgehead atoms. The van der Waals surface area contributed by atoms with E-state index < -0.39 is 5.97 Å². The molecular weight excluding hydrogens is 505 g/mol. The van der Waals surface area contributed by atoms with Crippen LogP contribution in [0.2, 0.25) is 10.0 Å². The van der Waals surface area contributed by atoms with Crippen molar-refractivity contribution >= 4 is 47.0 Å². The molecule has 0 aliphatic carbocycles. The Labute approximate surface area is 220 Å². The van der Waals surface area contributed by atoms with Gasteiger partial charge in [0.05, 0.1) is 36.6 Å². The van der Waals surface area contributed by atoms with Crippen LogP contribution in [-0.2, 0) is 21.7 Å². The minimum atomic E-state index is -0.458. The van der Waals surface area contributed by atoms with Crippen LogP contribution in [-0.4, -0.2) is 31.8 Å². The SMILES string of the molecule is COC(=O)C=Cc1nc(CSc2c(Cl)cccc2Cl)ccc1OCCCCc1ccc(OC)cc1. The molecule has 0 atom stereocenters. The molecule has 3 rings (SSSR count). The van der Waals surface area contributed by atoms with E-state index in [2.05, 4.69) is 17.1 Å². The summed E-state index contributed by atoms with van der Waals surface area (Å²) in [6.45, 7) is 0.542. The lowest BCUT2D eigenvalue weighted by molar-refractivity contribution is -0.134. The highest BCUT2D eigenvalue weighted by Gasteiger charge is 2.10. The maximum Gasteiger partial charge on any atom is 0.330 e. The average molecular weight is 532 g/mol. The highest BCUT2D eigenvalue weighted by atomic mass is 35.5. The van der Waals surface area contributed by atoms with E-state index in [4.69, 9.17) is 37.4 Å². The number of carbonyl (C=O) groups excluding carboxylic acids is 1. The molecule has 8 heteroatoms. The van der Waals surface area contributed by atoms with Crippen molar-refractivity contribution in [2.75, 3.05) is 20.8 Å². The maximum absolute atomic E-state index is 11.6. The zero-order chi connectivity index (χ0) is 25.0. The Morgan fingerprint density at radius 3 is 2.43 bits per heavy atom. The van der Waals surface area contributed by atoms with E-state index in [1.807, 2.05) is 30.3 Å². The number of thioether (sulfide) groups is 1. The smallest absolute Gasteiger partial charge is 0.330 e. The van der Waals surface area contributed by atoms with E-state index >= 15 is 0 Å². The first-order chi connectivity index (χ1) is 17.0. The number of halogens is 2. The van der Waals surface area contributed by atoms with Crippen molar-refractivity contribution in [1.29, 1.82) is 0 Å². The number of unbranched alkanes of at least 4 members (excludes halogenated alkanes) is 1. The van der Waals surface area contributed by atoms with Gasteiger partial charge in [0.15, 0.2) is 0 Å². The number of aromatic nitrogens is 1. The van der Waals surface area contributed by atoms with Crippen molar-refractivity contribution in [3.63, 3.8) is 0 Å². The van der Waals surface area contributed by atoms with Crippen LogP contribution >= 0.6 is 35.0 Å². The molecule has 1 heterocycles. The molecule has 35 heavy (non-hydrogen) atoms. The van der Waals surface area contributed by atoms with Crippen LogP contribution in [0.3, 0.4) is 0 Å². The lowest BCUT2D eigenvalue weighted by atomic mass is 10.1. The third-order valence-electron chi connectivity index (χ3n) is 5.08. The number of benzene rings is 2. The lowest BCUT2D eigenvalue weighted by Gasteiger charge is -2.11. The zero-order valence-corrected chi connectivity index (χ0v) is 22.0. The quantitative estimate of drug-likeness (QED) is 0.106. The number of rotatable bonds is 12. The molecule has 1 aromatic heterocycles. The summed E-state index contributed by atoms with van der Waals surface area (Å²) in [6, 6.07) is 17.3. The molecule has 0 spiro atoms. The highest BCUT2D eigenvalue weighted by Crippen LogP contribution is 2.35. The van der Waals surface area contributed by atoms with Crippen molar-refractivity contribution in [2.24, 2.45) is 0 Å². The van der Waals surface area contributed by atoms with Crippen LogP contribution in [0, 0.1) is 0 Å². The van der Waals surface area contributed by atoms with Crippen molar-refractivity contribution in [3.8, 4) is 11.5 Å². The van der Waals surface area contributed by atoms with Crippen molar-refractivity contribution in [2.45, 2.75) is 29.9 Å². The second kappa shape index (κ2) is 14.0. The summed E-state index contributed by atoms with van der Waals surface area (Å²) in [5.74, 6) is 1.57. The molecular formula is C27H27Cl2NO4S. The van der Waals surface area contributed by atoms with E-state index in [-0.39, 0.29) is 0 Å². The van der Waals surface area contributed by atoms with Gasteiger partial charge in [0.2, 0.25) is 0 Å². The van der Waals surface area contributed by atoms with E-state index in [0.29, 0.717) is 33.8 Å². The van der Waals surface area contributed by atoms with Gasteiger partial charge in [-0.1, -0.05) is 41.4 Å². The van der Waals surface area contributed by atoms with E-state index in [1.165, 1.54) is 30.5 Å². The number of ether oxygens (including phenoxy) is 3. The number of nitrogens with zero attached hydrogens (tertiary/aromatic N) is 1. The second-order valence-electron chi connectivity index (χ2n) is 7.54. The van der Waals surface area contributed by atoms with Gasteiger partial charge in [-0.3, -0.25) is 0 Å². The predicted molar refractivity (Wildman–Crippen MR) is 143 cm³/mol. The predicted octanol–water partition coefficient (Wildman–Crippen LogP) is 7.28. The average Bonchev–Trinajstić information content (AvgIpc) is 2.87. The van der Waals surface area contributed by atoms with Crippen LogP contribution in [0.1, 0.15) is 29.8 Å². The van der Waals surface area contributed by atoms with Crippen molar-refractivity contribution in [3.05, 3.63) is 87.7 Å². The number of hydrogen-bond donors (Lipinski definition) is 0. The third kappa shape index (κ3) is 8.49.